The summed E-state index contributed by atoms with van der Waals surface area (Å²) in [6.07, 6.45) is 0.220. The lowest BCUT2D eigenvalue weighted by Crippen LogP contribution is -2.32. The molecule has 5 rings (SSSR count). The number of hydrogen-bond acceptors (Lipinski definition) is 9. The molecule has 11 nitrogen and oxygen atoms in total. The van der Waals surface area contributed by atoms with E-state index in [1.165, 1.54) is 0 Å². The number of fused-ring (bicyclic) bond motifs is 2. The van der Waals surface area contributed by atoms with Gasteiger partial charge in [0.15, 0.2) is 0 Å². The highest BCUT2D eigenvalue weighted by atomic mass is 32.2. The SMILES string of the molecule is Cc1cc(C(=O)ON2C(=O)CCC2=O)ccc1-c1c2cc/c(=[N+](/C)CCCS(=O)(=O)[O-])cc-2oc2cc(N(C)C)ccc12. The number of amides is 2. The molecule has 0 spiro atoms. The van der Waals surface area contributed by atoms with E-state index in [1.807, 2.05) is 73.9 Å². The molecule has 3 aliphatic rings. The maximum atomic E-state index is 12.8. The van der Waals surface area contributed by atoms with Gasteiger partial charge < -0.3 is 18.7 Å². The van der Waals surface area contributed by atoms with Gasteiger partial charge >= 0.3 is 5.97 Å². The maximum Gasteiger partial charge on any atom is 0.363 e. The number of nitrogens with zero attached hydrogens (tertiary/aromatic N) is 3. The Balaban J connectivity index is 1.61. The lowest BCUT2D eigenvalue weighted by atomic mass is 9.90. The van der Waals surface area contributed by atoms with E-state index < -0.39 is 33.7 Å². The zero-order valence-electron chi connectivity index (χ0n) is 24.2. The molecule has 2 aromatic carbocycles. The molecule has 2 heterocycles. The molecule has 1 aliphatic carbocycles. The quantitative estimate of drug-likeness (QED) is 0.128. The first-order chi connectivity index (χ1) is 20.3. The molecule has 2 amide bonds. The molecule has 0 atom stereocenters. The molecule has 2 aromatic rings. The Morgan fingerprint density at radius 3 is 2.37 bits per heavy atom. The van der Waals surface area contributed by atoms with Gasteiger partial charge in [0, 0.05) is 73.4 Å². The molecule has 12 heteroatoms. The number of carbonyl (C=O) groups is 3. The minimum Gasteiger partial charge on any atom is -0.748 e. The number of benzene rings is 3. The average molecular weight is 606 g/mol. The van der Waals surface area contributed by atoms with Gasteiger partial charge in [0.25, 0.3) is 11.8 Å². The van der Waals surface area contributed by atoms with Crippen molar-refractivity contribution in [3.63, 3.8) is 0 Å². The lowest BCUT2D eigenvalue weighted by Gasteiger charge is -2.19. The van der Waals surface area contributed by atoms with Gasteiger partial charge in [-0.3, -0.25) is 9.59 Å². The number of carbonyl (C=O) groups excluding carboxylic acids is 3. The lowest BCUT2D eigenvalue weighted by molar-refractivity contribution is -0.172. The minimum absolute atomic E-state index is 0.0123. The molecule has 0 aromatic heterocycles. The van der Waals surface area contributed by atoms with Crippen LogP contribution in [-0.4, -0.2) is 69.3 Å². The fourth-order valence-corrected chi connectivity index (χ4v) is 5.63. The number of hydroxylamine groups is 2. The van der Waals surface area contributed by atoms with E-state index in [1.54, 1.807) is 18.2 Å². The monoisotopic (exact) mass is 605 g/mol. The van der Waals surface area contributed by atoms with Crippen molar-refractivity contribution < 1.29 is 36.6 Å². The summed E-state index contributed by atoms with van der Waals surface area (Å²) in [6, 6.07) is 16.7. The van der Waals surface area contributed by atoms with Gasteiger partial charge in [-0.2, -0.15) is 0 Å². The van der Waals surface area contributed by atoms with Gasteiger partial charge in [0.1, 0.15) is 24.9 Å². The zero-order valence-corrected chi connectivity index (χ0v) is 25.1. The first-order valence-electron chi connectivity index (χ1n) is 13.7. The van der Waals surface area contributed by atoms with Crippen LogP contribution < -0.4 is 14.8 Å². The Bertz CT molecular complexity index is 1910. The molecule has 2 aliphatic heterocycles. The van der Waals surface area contributed by atoms with Gasteiger partial charge in [-0.1, -0.05) is 6.07 Å². The van der Waals surface area contributed by atoms with Crippen molar-refractivity contribution >= 4 is 44.6 Å². The second-order valence-corrected chi connectivity index (χ2v) is 12.3. The molecule has 0 radical (unpaired) electrons. The van der Waals surface area contributed by atoms with Gasteiger partial charge in [-0.05, 0) is 48.4 Å². The third kappa shape index (κ3) is 6.30. The van der Waals surface area contributed by atoms with E-state index in [9.17, 15) is 27.4 Å². The van der Waals surface area contributed by atoms with Crippen molar-refractivity contribution in [3.05, 3.63) is 71.1 Å². The second-order valence-electron chi connectivity index (χ2n) is 10.8. The van der Waals surface area contributed by atoms with Crippen molar-refractivity contribution in [1.29, 1.82) is 0 Å². The molecule has 43 heavy (non-hydrogen) atoms. The maximum absolute atomic E-state index is 12.8. The third-order valence-corrected chi connectivity index (χ3v) is 8.23. The number of aryl methyl sites for hydroxylation is 1. The third-order valence-electron chi connectivity index (χ3n) is 7.45. The van der Waals surface area contributed by atoms with E-state index in [-0.39, 0.29) is 24.8 Å². The summed E-state index contributed by atoms with van der Waals surface area (Å²) < 4.78 is 41.4. The first-order valence-corrected chi connectivity index (χ1v) is 15.2. The van der Waals surface area contributed by atoms with Crippen LogP contribution in [0.1, 0.15) is 35.2 Å². The Morgan fingerprint density at radius 1 is 1.02 bits per heavy atom. The van der Waals surface area contributed by atoms with Crippen LogP contribution in [-0.2, 0) is 24.5 Å². The summed E-state index contributed by atoms with van der Waals surface area (Å²) in [7, 11) is 1.39. The molecule has 0 bridgehead atoms. The van der Waals surface area contributed by atoms with Crippen molar-refractivity contribution in [1.82, 2.24) is 9.64 Å². The molecule has 0 N–H and O–H groups in total. The fourth-order valence-electron chi connectivity index (χ4n) is 5.15. The van der Waals surface area contributed by atoms with Crippen LogP contribution in [0, 0.1) is 6.92 Å². The Kier molecular flexibility index (Phi) is 8.08. The Labute approximate surface area is 248 Å². The van der Waals surface area contributed by atoms with E-state index in [2.05, 4.69) is 0 Å². The Morgan fingerprint density at radius 2 is 1.72 bits per heavy atom. The predicted molar refractivity (Wildman–Crippen MR) is 159 cm³/mol. The van der Waals surface area contributed by atoms with Crippen molar-refractivity contribution in [2.45, 2.75) is 26.2 Å². The van der Waals surface area contributed by atoms with Crippen LogP contribution >= 0.6 is 0 Å². The van der Waals surface area contributed by atoms with Crippen LogP contribution in [0.25, 0.3) is 33.4 Å². The standard InChI is InChI=1S/C31H31N3O8S/c1-19-16-20(31(37)42-34-28(35)12-13-29(34)36)6-9-23(19)30-24-10-7-21(32(2)3)17-26(24)41-27-18-22(8-11-25(27)30)33(4)14-5-15-43(38,39)40/h6-11,16-18H,5,12-15H2,1-4H3. The summed E-state index contributed by atoms with van der Waals surface area (Å²) in [4.78, 5) is 43.7. The second kappa shape index (κ2) is 11.6. The first kappa shape index (κ1) is 29.9. The van der Waals surface area contributed by atoms with E-state index in [0.717, 1.165) is 38.7 Å². The molecule has 224 valence electrons. The summed E-state index contributed by atoms with van der Waals surface area (Å²) in [6.45, 7) is 2.23. The Hall–Kier alpha value is -4.55. The highest BCUT2D eigenvalue weighted by molar-refractivity contribution is 7.85. The normalized spacial score (nSPS) is 14.5. The van der Waals surface area contributed by atoms with E-state index in [0.29, 0.717) is 23.0 Å². The van der Waals surface area contributed by atoms with Crippen LogP contribution in [0.5, 0.6) is 0 Å². The summed E-state index contributed by atoms with van der Waals surface area (Å²) in [5, 5.41) is 2.17. The molecule has 1 fully saturated rings. The number of hydrogen-bond donors (Lipinski definition) is 0. The smallest absolute Gasteiger partial charge is 0.363 e. The fraction of sp³-hybridized carbons (Fsp3) is 0.290. The molecule has 1 saturated heterocycles. The van der Waals surface area contributed by atoms with E-state index in [4.69, 9.17) is 9.25 Å². The summed E-state index contributed by atoms with van der Waals surface area (Å²) >= 11 is 0. The molecule has 0 saturated carbocycles. The topological polar surface area (TPSA) is 140 Å². The number of anilines is 1. The summed E-state index contributed by atoms with van der Waals surface area (Å²) in [5.74, 6) is -1.74. The van der Waals surface area contributed by atoms with Gasteiger partial charge in [0.2, 0.25) is 5.36 Å². The molecule has 0 unspecified atom stereocenters. The largest absolute Gasteiger partial charge is 0.748 e. The van der Waals surface area contributed by atoms with Crippen LogP contribution in [0.2, 0.25) is 0 Å². The average Bonchev–Trinajstić information content (AvgIpc) is 3.26. The van der Waals surface area contributed by atoms with Crippen LogP contribution in [0.15, 0.2) is 59.0 Å². The zero-order chi connectivity index (χ0) is 31.1. The van der Waals surface area contributed by atoms with Crippen LogP contribution in [0.3, 0.4) is 0 Å². The van der Waals surface area contributed by atoms with Gasteiger partial charge in [-0.15, -0.1) is 5.06 Å². The number of imide groups is 1. The van der Waals surface area contributed by atoms with Gasteiger partial charge in [0.05, 0.1) is 21.7 Å². The minimum atomic E-state index is -4.29. The molecular formula is C31H31N3O8S. The highest BCUT2D eigenvalue weighted by Gasteiger charge is 2.33. The van der Waals surface area contributed by atoms with Crippen molar-refractivity contribution in [2.75, 3.05) is 38.3 Å². The summed E-state index contributed by atoms with van der Waals surface area (Å²) in [5.41, 5.74) is 5.08. The molecular weight excluding hydrogens is 574 g/mol. The van der Waals surface area contributed by atoms with Crippen molar-refractivity contribution in [2.24, 2.45) is 0 Å². The van der Waals surface area contributed by atoms with Gasteiger partial charge in [-0.25, -0.2) is 17.8 Å². The van der Waals surface area contributed by atoms with Crippen LogP contribution in [0.4, 0.5) is 5.69 Å². The number of rotatable bonds is 8. The van der Waals surface area contributed by atoms with E-state index >= 15 is 0 Å². The highest BCUT2D eigenvalue weighted by Crippen LogP contribution is 2.42. The predicted octanol–water partition coefficient (Wildman–Crippen LogP) is 3.14. The van der Waals surface area contributed by atoms with Crippen molar-refractivity contribution in [3.8, 4) is 22.5 Å².